The van der Waals surface area contributed by atoms with E-state index in [0.29, 0.717) is 12.1 Å². The number of nitrogens with one attached hydrogen (secondary N) is 3. The van der Waals surface area contributed by atoms with Gasteiger partial charge < -0.3 is 16.0 Å². The Bertz CT molecular complexity index is 422. The van der Waals surface area contributed by atoms with Crippen LogP contribution < -0.4 is 16.0 Å². The largest absolute Gasteiger partial charge is 0.383 e. The van der Waals surface area contributed by atoms with E-state index in [1.807, 2.05) is 24.3 Å². The van der Waals surface area contributed by atoms with Gasteiger partial charge in [0.25, 0.3) is 0 Å². The first kappa shape index (κ1) is 14.7. The Morgan fingerprint density at radius 3 is 2.25 bits per heavy atom. The lowest BCUT2D eigenvalue weighted by molar-refractivity contribution is 0.244. The zero-order valence-electron chi connectivity index (χ0n) is 12.4. The lowest BCUT2D eigenvalue weighted by atomic mass is 9.96. The van der Waals surface area contributed by atoms with Gasteiger partial charge in [0.15, 0.2) is 0 Å². The summed E-state index contributed by atoms with van der Waals surface area (Å²) < 4.78 is 0. The Balaban J connectivity index is 1.81. The van der Waals surface area contributed by atoms with Crippen LogP contribution in [-0.2, 0) is 0 Å². The molecule has 0 spiro atoms. The molecule has 0 atom stereocenters. The molecule has 1 aliphatic carbocycles. The number of hydrogen-bond donors (Lipinski definition) is 3. The maximum absolute atomic E-state index is 11.9. The quantitative estimate of drug-likeness (QED) is 0.779. The minimum absolute atomic E-state index is 0.0959. The van der Waals surface area contributed by atoms with E-state index in [4.69, 9.17) is 0 Å². The second kappa shape index (κ2) is 7.17. The summed E-state index contributed by atoms with van der Waals surface area (Å²) in [5.74, 6) is 0. The van der Waals surface area contributed by atoms with Crippen molar-refractivity contribution in [1.29, 1.82) is 0 Å². The Hall–Kier alpha value is -1.71. The number of anilines is 2. The van der Waals surface area contributed by atoms with Crippen LogP contribution in [0.25, 0.3) is 0 Å². The van der Waals surface area contributed by atoms with Crippen molar-refractivity contribution in [1.82, 2.24) is 5.32 Å². The average Bonchev–Trinajstić information content (AvgIpc) is 2.41. The fourth-order valence-electron chi connectivity index (χ4n) is 2.58. The molecular weight excluding hydrogens is 250 g/mol. The van der Waals surface area contributed by atoms with Crippen molar-refractivity contribution in [3.05, 3.63) is 24.3 Å². The summed E-state index contributed by atoms with van der Waals surface area (Å²) in [5, 5.41) is 9.26. The summed E-state index contributed by atoms with van der Waals surface area (Å²) in [7, 11) is 0. The number of carbonyl (C=O) groups excluding carboxylic acids is 1. The van der Waals surface area contributed by atoms with Gasteiger partial charge in [0.2, 0.25) is 0 Å². The molecule has 2 amide bonds. The molecule has 110 valence electrons. The standard InChI is InChI=1S/C16H25N3O/c1-12(2)17-14-8-10-15(11-9-14)19-16(20)18-13-6-4-3-5-7-13/h8-13,17H,3-7H2,1-2H3,(H2,18,19,20). The first-order valence-electron chi connectivity index (χ1n) is 7.57. The van der Waals surface area contributed by atoms with Crippen LogP contribution in [-0.4, -0.2) is 18.1 Å². The molecule has 3 N–H and O–H groups in total. The fourth-order valence-corrected chi connectivity index (χ4v) is 2.58. The van der Waals surface area contributed by atoms with Gasteiger partial charge in [-0.2, -0.15) is 0 Å². The van der Waals surface area contributed by atoms with Crippen molar-refractivity contribution < 1.29 is 4.79 Å². The van der Waals surface area contributed by atoms with E-state index in [1.54, 1.807) is 0 Å². The van der Waals surface area contributed by atoms with Crippen LogP contribution in [0.5, 0.6) is 0 Å². The van der Waals surface area contributed by atoms with E-state index in [-0.39, 0.29) is 6.03 Å². The molecule has 0 heterocycles. The van der Waals surface area contributed by atoms with Crippen LogP contribution in [0, 0.1) is 0 Å². The van der Waals surface area contributed by atoms with Crippen LogP contribution in [0.15, 0.2) is 24.3 Å². The highest BCUT2D eigenvalue weighted by Crippen LogP contribution is 2.18. The van der Waals surface area contributed by atoms with Crippen molar-refractivity contribution in [2.75, 3.05) is 10.6 Å². The molecule has 1 aromatic carbocycles. The van der Waals surface area contributed by atoms with E-state index >= 15 is 0 Å². The topological polar surface area (TPSA) is 53.2 Å². The minimum Gasteiger partial charge on any atom is -0.383 e. The molecule has 1 fully saturated rings. The van der Waals surface area contributed by atoms with Crippen LogP contribution in [0.2, 0.25) is 0 Å². The van der Waals surface area contributed by atoms with Crippen LogP contribution >= 0.6 is 0 Å². The van der Waals surface area contributed by atoms with E-state index in [2.05, 4.69) is 29.8 Å². The Morgan fingerprint density at radius 2 is 1.65 bits per heavy atom. The minimum atomic E-state index is -0.0959. The Kier molecular flexibility index (Phi) is 5.27. The van der Waals surface area contributed by atoms with Gasteiger partial charge in [-0.15, -0.1) is 0 Å². The van der Waals surface area contributed by atoms with Crippen LogP contribution in [0.4, 0.5) is 16.2 Å². The predicted molar refractivity (Wildman–Crippen MR) is 84.2 cm³/mol. The van der Waals surface area contributed by atoms with Gasteiger partial charge in [-0.1, -0.05) is 19.3 Å². The molecule has 0 aromatic heterocycles. The third kappa shape index (κ3) is 4.76. The highest BCUT2D eigenvalue weighted by Gasteiger charge is 2.15. The molecule has 1 aromatic rings. The molecule has 4 heteroatoms. The van der Waals surface area contributed by atoms with Gasteiger partial charge in [-0.3, -0.25) is 0 Å². The lowest BCUT2D eigenvalue weighted by Crippen LogP contribution is -2.38. The van der Waals surface area contributed by atoms with Gasteiger partial charge in [-0.25, -0.2) is 4.79 Å². The predicted octanol–water partition coefficient (Wildman–Crippen LogP) is 3.96. The Labute approximate surface area is 121 Å². The second-order valence-electron chi connectivity index (χ2n) is 5.81. The van der Waals surface area contributed by atoms with E-state index in [9.17, 15) is 4.79 Å². The van der Waals surface area contributed by atoms with Gasteiger partial charge in [0.1, 0.15) is 0 Å². The molecule has 20 heavy (non-hydrogen) atoms. The number of benzene rings is 1. The molecule has 0 saturated heterocycles. The molecule has 0 unspecified atom stereocenters. The van der Waals surface area contributed by atoms with Gasteiger partial charge in [0.05, 0.1) is 0 Å². The summed E-state index contributed by atoms with van der Waals surface area (Å²) in [5.41, 5.74) is 1.89. The zero-order chi connectivity index (χ0) is 14.4. The highest BCUT2D eigenvalue weighted by atomic mass is 16.2. The molecule has 4 nitrogen and oxygen atoms in total. The molecule has 0 bridgehead atoms. The van der Waals surface area contributed by atoms with Crippen molar-refractivity contribution in [2.24, 2.45) is 0 Å². The first-order chi connectivity index (χ1) is 9.63. The summed E-state index contributed by atoms with van der Waals surface area (Å²) >= 11 is 0. The van der Waals surface area contributed by atoms with Gasteiger partial charge >= 0.3 is 6.03 Å². The molecule has 0 aliphatic heterocycles. The molecule has 1 saturated carbocycles. The van der Waals surface area contributed by atoms with Crippen molar-refractivity contribution in [3.63, 3.8) is 0 Å². The monoisotopic (exact) mass is 275 g/mol. The SMILES string of the molecule is CC(C)Nc1ccc(NC(=O)NC2CCCCC2)cc1. The number of hydrogen-bond acceptors (Lipinski definition) is 2. The first-order valence-corrected chi connectivity index (χ1v) is 7.57. The second-order valence-corrected chi connectivity index (χ2v) is 5.81. The number of rotatable bonds is 4. The molecule has 2 rings (SSSR count). The Morgan fingerprint density at radius 1 is 1.05 bits per heavy atom. The molecule has 0 radical (unpaired) electrons. The smallest absolute Gasteiger partial charge is 0.319 e. The summed E-state index contributed by atoms with van der Waals surface area (Å²) in [6.07, 6.45) is 5.94. The van der Waals surface area contributed by atoms with Crippen molar-refractivity contribution >= 4 is 17.4 Å². The number of amides is 2. The summed E-state index contributed by atoms with van der Waals surface area (Å²) in [4.78, 5) is 11.9. The number of urea groups is 1. The van der Waals surface area contributed by atoms with E-state index in [1.165, 1.54) is 19.3 Å². The van der Waals surface area contributed by atoms with Crippen LogP contribution in [0.1, 0.15) is 46.0 Å². The lowest BCUT2D eigenvalue weighted by Gasteiger charge is -2.22. The van der Waals surface area contributed by atoms with E-state index in [0.717, 1.165) is 24.2 Å². The van der Waals surface area contributed by atoms with Gasteiger partial charge in [-0.05, 0) is 51.0 Å². The van der Waals surface area contributed by atoms with Crippen molar-refractivity contribution in [2.45, 2.75) is 58.0 Å². The maximum Gasteiger partial charge on any atom is 0.319 e. The van der Waals surface area contributed by atoms with E-state index < -0.39 is 0 Å². The molecule has 1 aliphatic rings. The zero-order valence-corrected chi connectivity index (χ0v) is 12.4. The molecular formula is C16H25N3O. The third-order valence-electron chi connectivity index (χ3n) is 3.54. The van der Waals surface area contributed by atoms with Crippen molar-refractivity contribution in [3.8, 4) is 0 Å². The third-order valence-corrected chi connectivity index (χ3v) is 3.54. The highest BCUT2D eigenvalue weighted by molar-refractivity contribution is 5.89. The average molecular weight is 275 g/mol. The normalized spacial score (nSPS) is 15.9. The summed E-state index contributed by atoms with van der Waals surface area (Å²) in [6.45, 7) is 4.20. The van der Waals surface area contributed by atoms with Gasteiger partial charge in [0, 0.05) is 23.5 Å². The van der Waals surface area contributed by atoms with Crippen LogP contribution in [0.3, 0.4) is 0 Å². The number of carbonyl (C=O) groups is 1. The fraction of sp³-hybridized carbons (Fsp3) is 0.562. The maximum atomic E-state index is 11.9. The summed E-state index contributed by atoms with van der Waals surface area (Å²) in [6, 6.07) is 8.46.